The average Bonchev–Trinajstić information content (AvgIpc) is 2.74. The molecule has 1 heterocycles. The second-order valence-corrected chi connectivity index (χ2v) is 9.71. The smallest absolute Gasteiger partial charge is 0.243 e. The van der Waals surface area contributed by atoms with E-state index >= 15 is 0 Å². The number of nitrogens with zero attached hydrogens (tertiary/aromatic N) is 1. The lowest BCUT2D eigenvalue weighted by Gasteiger charge is -2.24. The van der Waals surface area contributed by atoms with Crippen molar-refractivity contribution in [2.75, 3.05) is 23.7 Å². The molecule has 0 saturated heterocycles. The molecule has 0 fully saturated rings. The Morgan fingerprint density at radius 1 is 1.19 bits per heavy atom. The Kier molecular flexibility index (Phi) is 7.35. The molecule has 9 heteroatoms. The Morgan fingerprint density at radius 3 is 2.61 bits per heavy atom. The van der Waals surface area contributed by atoms with Crippen LogP contribution in [0.4, 0.5) is 11.4 Å². The number of sulfonamides is 1. The van der Waals surface area contributed by atoms with Gasteiger partial charge in [0.15, 0.2) is 0 Å². The fourth-order valence-electron chi connectivity index (χ4n) is 3.64. The minimum absolute atomic E-state index is 0.0687. The summed E-state index contributed by atoms with van der Waals surface area (Å²) < 4.78 is 26.8. The molecule has 0 saturated carbocycles. The normalized spacial score (nSPS) is 16.0. The van der Waals surface area contributed by atoms with Crippen LogP contribution in [0.3, 0.4) is 0 Å². The van der Waals surface area contributed by atoms with Gasteiger partial charge >= 0.3 is 0 Å². The molecule has 1 aliphatic rings. The van der Waals surface area contributed by atoms with Crippen molar-refractivity contribution in [2.45, 2.75) is 38.0 Å². The van der Waals surface area contributed by atoms with Crippen molar-refractivity contribution in [1.29, 1.82) is 0 Å². The Hall–Kier alpha value is -2.42. The molecule has 0 aliphatic carbocycles. The van der Waals surface area contributed by atoms with E-state index in [9.17, 15) is 18.0 Å². The number of carbonyl (C=O) groups excluding carboxylic acids is 2. The van der Waals surface area contributed by atoms with E-state index in [0.29, 0.717) is 25.9 Å². The van der Waals surface area contributed by atoms with E-state index in [4.69, 9.17) is 11.6 Å². The highest BCUT2D eigenvalue weighted by Gasteiger charge is 2.27. The first-order chi connectivity index (χ1) is 14.8. The maximum absolute atomic E-state index is 12.7. The fourth-order valence-corrected chi connectivity index (χ4v) is 5.29. The lowest BCUT2D eigenvalue weighted by Crippen LogP contribution is -2.31. The van der Waals surface area contributed by atoms with Crippen molar-refractivity contribution in [3.8, 4) is 0 Å². The monoisotopic (exact) mass is 463 g/mol. The highest BCUT2D eigenvalue weighted by Crippen LogP contribution is 2.29. The summed E-state index contributed by atoms with van der Waals surface area (Å²) >= 11 is 6.18. The third-order valence-electron chi connectivity index (χ3n) is 5.39. The number of halogens is 1. The number of amides is 2. The van der Waals surface area contributed by atoms with Crippen LogP contribution < -0.4 is 10.6 Å². The molecular weight excluding hydrogens is 438 g/mol. The van der Waals surface area contributed by atoms with Crippen LogP contribution in [0.15, 0.2) is 47.4 Å². The second kappa shape index (κ2) is 9.80. The standard InChI is InChI=1S/C22H26ClN3O4S/c1-3-26(4-2)31(29,30)17-10-11-18(23)20(14-17)24-21(27)12-9-16-13-15-7-5-6-8-19(15)25-22(16)28/h5-8,10-11,14,16H,3-4,9,12-13H2,1-2H3,(H,24,27)(H,25,28). The van der Waals surface area contributed by atoms with E-state index in [-0.39, 0.29) is 39.8 Å². The summed E-state index contributed by atoms with van der Waals surface area (Å²) in [7, 11) is -3.67. The lowest BCUT2D eigenvalue weighted by molar-refractivity contribution is -0.121. The summed E-state index contributed by atoms with van der Waals surface area (Å²) in [6.45, 7) is 4.21. The van der Waals surface area contributed by atoms with Gasteiger partial charge in [0.1, 0.15) is 0 Å². The maximum Gasteiger partial charge on any atom is 0.243 e. The van der Waals surface area contributed by atoms with Crippen LogP contribution in [0.1, 0.15) is 32.3 Å². The van der Waals surface area contributed by atoms with E-state index in [2.05, 4.69) is 10.6 Å². The van der Waals surface area contributed by atoms with Gasteiger partial charge in [-0.1, -0.05) is 43.6 Å². The van der Waals surface area contributed by atoms with Crippen LogP contribution in [-0.2, 0) is 26.0 Å². The minimum Gasteiger partial charge on any atom is -0.326 e. The van der Waals surface area contributed by atoms with Crippen molar-refractivity contribution >= 4 is 44.8 Å². The molecule has 3 rings (SSSR count). The molecule has 166 valence electrons. The Bertz CT molecular complexity index is 1080. The molecular formula is C22H26ClN3O4S. The summed E-state index contributed by atoms with van der Waals surface area (Å²) in [4.78, 5) is 24.9. The molecule has 7 nitrogen and oxygen atoms in total. The number of carbonyl (C=O) groups is 2. The molecule has 1 atom stereocenters. The summed E-state index contributed by atoms with van der Waals surface area (Å²) in [5, 5.41) is 5.81. The third-order valence-corrected chi connectivity index (χ3v) is 7.76. The highest BCUT2D eigenvalue weighted by atomic mass is 35.5. The topological polar surface area (TPSA) is 95.6 Å². The Labute approximate surface area is 187 Å². The molecule has 2 aromatic carbocycles. The predicted octanol–water partition coefficient (Wildman–Crippen LogP) is 3.90. The zero-order valence-corrected chi connectivity index (χ0v) is 19.1. The number of hydrogen-bond donors (Lipinski definition) is 2. The summed E-state index contributed by atoms with van der Waals surface area (Å²) in [5.74, 6) is -0.728. The van der Waals surface area contributed by atoms with Gasteiger partial charge in [0, 0.05) is 31.1 Å². The Balaban J connectivity index is 1.66. The van der Waals surface area contributed by atoms with Crippen molar-refractivity contribution < 1.29 is 18.0 Å². The van der Waals surface area contributed by atoms with Crippen LogP contribution in [0, 0.1) is 5.92 Å². The first-order valence-electron chi connectivity index (χ1n) is 10.2. The van der Waals surface area contributed by atoms with Gasteiger partial charge in [-0.3, -0.25) is 9.59 Å². The van der Waals surface area contributed by atoms with Gasteiger partial charge in [0.2, 0.25) is 21.8 Å². The second-order valence-electron chi connectivity index (χ2n) is 7.37. The number of anilines is 2. The minimum atomic E-state index is -3.67. The lowest BCUT2D eigenvalue weighted by atomic mass is 9.89. The number of fused-ring (bicyclic) bond motifs is 1. The van der Waals surface area contributed by atoms with E-state index in [1.165, 1.54) is 22.5 Å². The van der Waals surface area contributed by atoms with Gasteiger partial charge in [0.05, 0.1) is 15.6 Å². The number of benzene rings is 2. The Morgan fingerprint density at radius 2 is 1.90 bits per heavy atom. The van der Waals surface area contributed by atoms with Crippen LogP contribution in [0.25, 0.3) is 0 Å². The van der Waals surface area contributed by atoms with Crippen LogP contribution >= 0.6 is 11.6 Å². The molecule has 0 spiro atoms. The van der Waals surface area contributed by atoms with E-state index in [0.717, 1.165) is 11.3 Å². The molecule has 0 bridgehead atoms. The van der Waals surface area contributed by atoms with Gasteiger partial charge in [-0.25, -0.2) is 8.42 Å². The predicted molar refractivity (Wildman–Crippen MR) is 122 cm³/mol. The van der Waals surface area contributed by atoms with Gasteiger partial charge in [-0.05, 0) is 42.7 Å². The van der Waals surface area contributed by atoms with Gasteiger partial charge < -0.3 is 10.6 Å². The zero-order chi connectivity index (χ0) is 22.6. The van der Waals surface area contributed by atoms with Gasteiger partial charge in [0.25, 0.3) is 0 Å². The van der Waals surface area contributed by atoms with Crippen molar-refractivity contribution in [3.63, 3.8) is 0 Å². The zero-order valence-electron chi connectivity index (χ0n) is 17.5. The highest BCUT2D eigenvalue weighted by molar-refractivity contribution is 7.89. The van der Waals surface area contributed by atoms with Gasteiger partial charge in [-0.2, -0.15) is 4.31 Å². The number of para-hydroxylation sites is 1. The van der Waals surface area contributed by atoms with Crippen LogP contribution in [-0.4, -0.2) is 37.6 Å². The molecule has 1 aliphatic heterocycles. The summed E-state index contributed by atoms with van der Waals surface area (Å²) in [5.41, 5.74) is 2.09. The first kappa shape index (κ1) is 23.2. The van der Waals surface area contributed by atoms with Crippen molar-refractivity contribution in [1.82, 2.24) is 4.31 Å². The molecule has 0 aromatic heterocycles. The van der Waals surface area contributed by atoms with E-state index in [1.807, 2.05) is 24.3 Å². The van der Waals surface area contributed by atoms with Crippen molar-refractivity contribution in [2.24, 2.45) is 5.92 Å². The molecule has 0 radical (unpaired) electrons. The average molecular weight is 464 g/mol. The van der Waals surface area contributed by atoms with Crippen molar-refractivity contribution in [3.05, 3.63) is 53.1 Å². The van der Waals surface area contributed by atoms with E-state index < -0.39 is 10.0 Å². The van der Waals surface area contributed by atoms with Crippen LogP contribution in [0.2, 0.25) is 5.02 Å². The number of rotatable bonds is 8. The SMILES string of the molecule is CCN(CC)S(=O)(=O)c1ccc(Cl)c(NC(=O)CCC2Cc3ccccc3NC2=O)c1. The summed E-state index contributed by atoms with van der Waals surface area (Å²) in [6.07, 6.45) is 1.07. The molecule has 2 amide bonds. The third kappa shape index (κ3) is 5.26. The molecule has 2 aromatic rings. The largest absolute Gasteiger partial charge is 0.326 e. The molecule has 31 heavy (non-hydrogen) atoms. The first-order valence-corrected chi connectivity index (χ1v) is 12.1. The quantitative estimate of drug-likeness (QED) is 0.620. The fraction of sp³-hybridized carbons (Fsp3) is 0.364. The molecule has 1 unspecified atom stereocenters. The molecule has 2 N–H and O–H groups in total. The number of hydrogen-bond acceptors (Lipinski definition) is 4. The van der Waals surface area contributed by atoms with Crippen LogP contribution in [0.5, 0.6) is 0 Å². The maximum atomic E-state index is 12.7. The van der Waals surface area contributed by atoms with E-state index in [1.54, 1.807) is 13.8 Å². The van der Waals surface area contributed by atoms with Gasteiger partial charge in [-0.15, -0.1) is 0 Å². The number of nitrogens with one attached hydrogen (secondary N) is 2. The summed E-state index contributed by atoms with van der Waals surface area (Å²) in [6, 6.07) is 11.9.